The Morgan fingerprint density at radius 2 is 2.24 bits per heavy atom. The number of hydrogen-bond acceptors (Lipinski definition) is 4. The summed E-state index contributed by atoms with van der Waals surface area (Å²) in [5.41, 5.74) is 0.938. The molecule has 0 bridgehead atoms. The van der Waals surface area contributed by atoms with Crippen LogP contribution in [0.5, 0.6) is 0 Å². The van der Waals surface area contributed by atoms with Crippen LogP contribution in [0.3, 0.4) is 0 Å². The summed E-state index contributed by atoms with van der Waals surface area (Å²) in [6.45, 7) is 5.46. The van der Waals surface area contributed by atoms with E-state index >= 15 is 0 Å². The molecule has 2 N–H and O–H groups in total. The Bertz CT molecular complexity index is 703. The second kappa shape index (κ2) is 6.61. The summed E-state index contributed by atoms with van der Waals surface area (Å²) in [5, 5.41) is 11.6. The molecule has 0 aliphatic rings. The van der Waals surface area contributed by atoms with Gasteiger partial charge in [-0.15, -0.1) is 11.3 Å². The summed E-state index contributed by atoms with van der Waals surface area (Å²) in [4.78, 5) is 13.6. The number of aliphatic hydroxyl groups excluding tert-OH is 1. The minimum Gasteiger partial charge on any atom is -0.464 e. The summed E-state index contributed by atoms with van der Waals surface area (Å²) >= 11 is 1.32. The number of carbonyl (C=O) groups excluding carboxylic acids is 1. The van der Waals surface area contributed by atoms with E-state index in [1.54, 1.807) is 0 Å². The lowest BCUT2D eigenvalue weighted by atomic mass is 10.2. The average molecular weight is 303 g/mol. The van der Waals surface area contributed by atoms with Crippen LogP contribution in [0, 0.1) is 25.7 Å². The van der Waals surface area contributed by atoms with Crippen molar-refractivity contribution in [1.29, 1.82) is 0 Å². The van der Waals surface area contributed by atoms with Gasteiger partial charge in [0.15, 0.2) is 0 Å². The fourth-order valence-corrected chi connectivity index (χ4v) is 2.81. The largest absolute Gasteiger partial charge is 0.464 e. The van der Waals surface area contributed by atoms with E-state index in [2.05, 4.69) is 17.2 Å². The number of thiophene rings is 1. The molecule has 0 aliphatic heterocycles. The fourth-order valence-electron chi connectivity index (χ4n) is 1.86. The van der Waals surface area contributed by atoms with Gasteiger partial charge in [-0.2, -0.15) is 0 Å². The molecular weight excluding hydrogens is 286 g/mol. The van der Waals surface area contributed by atoms with E-state index < -0.39 is 0 Å². The Morgan fingerprint density at radius 3 is 2.86 bits per heavy atom. The maximum atomic E-state index is 12.2. The van der Waals surface area contributed by atoms with Crippen LogP contribution in [0.2, 0.25) is 0 Å². The predicted octanol–water partition coefficient (Wildman–Crippen LogP) is 2.79. The number of hydrogen-bond donors (Lipinski definition) is 2. The highest BCUT2D eigenvalue weighted by Gasteiger charge is 2.16. The van der Waals surface area contributed by atoms with Gasteiger partial charge >= 0.3 is 0 Å². The first-order valence-corrected chi connectivity index (χ1v) is 7.40. The van der Waals surface area contributed by atoms with E-state index in [9.17, 15) is 4.79 Å². The van der Waals surface area contributed by atoms with Crippen LogP contribution in [0.15, 0.2) is 22.6 Å². The zero-order valence-corrected chi connectivity index (χ0v) is 13.0. The molecule has 110 valence electrons. The highest BCUT2D eigenvalue weighted by atomic mass is 32.1. The van der Waals surface area contributed by atoms with Gasteiger partial charge in [-0.3, -0.25) is 4.79 Å². The number of aliphatic hydroxyl groups is 1. The van der Waals surface area contributed by atoms with Gasteiger partial charge < -0.3 is 14.8 Å². The molecular formula is C16H17NO3S. The van der Waals surface area contributed by atoms with Crippen LogP contribution in [0.4, 0.5) is 0 Å². The Morgan fingerprint density at radius 1 is 1.48 bits per heavy atom. The van der Waals surface area contributed by atoms with Gasteiger partial charge in [-0.1, -0.05) is 11.8 Å². The molecule has 4 nitrogen and oxygen atoms in total. The first kappa shape index (κ1) is 15.4. The quantitative estimate of drug-likeness (QED) is 0.857. The molecule has 21 heavy (non-hydrogen) atoms. The maximum absolute atomic E-state index is 12.2. The molecule has 2 rings (SSSR count). The number of furan rings is 1. The van der Waals surface area contributed by atoms with Gasteiger partial charge in [-0.25, -0.2) is 0 Å². The topological polar surface area (TPSA) is 62.5 Å². The molecule has 0 fully saturated rings. The summed E-state index contributed by atoms with van der Waals surface area (Å²) in [6, 6.07) is 5.34. The number of amides is 1. The van der Waals surface area contributed by atoms with Crippen molar-refractivity contribution in [1.82, 2.24) is 5.32 Å². The predicted molar refractivity (Wildman–Crippen MR) is 82.3 cm³/mol. The first-order chi connectivity index (χ1) is 10.0. The minimum atomic E-state index is -0.194. The van der Waals surface area contributed by atoms with Crippen molar-refractivity contribution in [2.24, 2.45) is 0 Å². The smallest absolute Gasteiger partial charge is 0.261 e. The van der Waals surface area contributed by atoms with Crippen molar-refractivity contribution in [3.63, 3.8) is 0 Å². The maximum Gasteiger partial charge on any atom is 0.261 e. The van der Waals surface area contributed by atoms with Crippen molar-refractivity contribution < 1.29 is 14.3 Å². The van der Waals surface area contributed by atoms with Crippen molar-refractivity contribution in [2.75, 3.05) is 6.61 Å². The molecule has 1 unspecified atom stereocenters. The van der Waals surface area contributed by atoms with Crippen LogP contribution >= 0.6 is 11.3 Å². The van der Waals surface area contributed by atoms with Crippen molar-refractivity contribution in [3.05, 3.63) is 45.0 Å². The molecule has 1 amide bonds. The van der Waals surface area contributed by atoms with Crippen molar-refractivity contribution in [3.8, 4) is 11.8 Å². The Kier molecular flexibility index (Phi) is 4.84. The molecule has 0 saturated carbocycles. The standard InChI is InChI=1S/C16H17NO3S/c1-10-9-15(21-14(10)5-4-8-18)16(19)17-12(3)13-7-6-11(2)20-13/h6-7,9,12,18H,8H2,1-3H3,(H,17,19). The number of nitrogens with one attached hydrogen (secondary N) is 1. The third-order valence-corrected chi connectivity index (χ3v) is 4.11. The summed E-state index contributed by atoms with van der Waals surface area (Å²) < 4.78 is 5.50. The average Bonchev–Trinajstić information content (AvgIpc) is 3.03. The zero-order chi connectivity index (χ0) is 15.4. The molecule has 5 heteroatoms. The molecule has 2 aromatic heterocycles. The summed E-state index contributed by atoms with van der Waals surface area (Å²) in [5.74, 6) is 6.84. The zero-order valence-electron chi connectivity index (χ0n) is 12.2. The lowest BCUT2D eigenvalue weighted by molar-refractivity contribution is 0.0939. The third-order valence-electron chi connectivity index (χ3n) is 2.96. The molecule has 2 heterocycles. The van der Waals surface area contributed by atoms with E-state index in [0.29, 0.717) is 4.88 Å². The Hall–Kier alpha value is -2.03. The van der Waals surface area contributed by atoms with Crippen LogP contribution in [0.25, 0.3) is 0 Å². The Labute approximate surface area is 127 Å². The van der Waals surface area contributed by atoms with E-state index in [4.69, 9.17) is 9.52 Å². The summed E-state index contributed by atoms with van der Waals surface area (Å²) in [7, 11) is 0. The van der Waals surface area contributed by atoms with Crippen LogP contribution in [-0.4, -0.2) is 17.6 Å². The highest BCUT2D eigenvalue weighted by Crippen LogP contribution is 2.22. The van der Waals surface area contributed by atoms with E-state index in [1.165, 1.54) is 11.3 Å². The SMILES string of the molecule is Cc1ccc(C(C)NC(=O)c2cc(C)c(C#CCO)s2)o1. The van der Waals surface area contributed by atoms with E-state index in [-0.39, 0.29) is 18.6 Å². The normalized spacial score (nSPS) is 11.6. The lowest BCUT2D eigenvalue weighted by Gasteiger charge is -2.10. The molecule has 0 spiro atoms. The van der Waals surface area contributed by atoms with Gasteiger partial charge in [0.25, 0.3) is 5.91 Å². The van der Waals surface area contributed by atoms with Gasteiger partial charge in [0.1, 0.15) is 18.1 Å². The van der Waals surface area contributed by atoms with Crippen LogP contribution in [-0.2, 0) is 0 Å². The monoisotopic (exact) mass is 303 g/mol. The van der Waals surface area contributed by atoms with Gasteiger partial charge in [0.2, 0.25) is 0 Å². The van der Waals surface area contributed by atoms with Gasteiger partial charge in [0.05, 0.1) is 15.8 Å². The number of aryl methyl sites for hydroxylation is 2. The molecule has 0 radical (unpaired) electrons. The van der Waals surface area contributed by atoms with Crippen LogP contribution in [0.1, 0.15) is 44.6 Å². The highest BCUT2D eigenvalue weighted by molar-refractivity contribution is 7.14. The fraction of sp³-hybridized carbons (Fsp3) is 0.312. The minimum absolute atomic E-state index is 0.151. The van der Waals surface area contributed by atoms with Crippen LogP contribution < -0.4 is 5.32 Å². The van der Waals surface area contributed by atoms with E-state index in [0.717, 1.165) is 22.0 Å². The second-order valence-electron chi connectivity index (χ2n) is 4.73. The van der Waals surface area contributed by atoms with Gasteiger partial charge in [0, 0.05) is 0 Å². The third kappa shape index (κ3) is 3.75. The first-order valence-electron chi connectivity index (χ1n) is 6.58. The van der Waals surface area contributed by atoms with Crippen molar-refractivity contribution >= 4 is 17.2 Å². The molecule has 0 aromatic carbocycles. The molecule has 0 aliphatic carbocycles. The number of carbonyl (C=O) groups is 1. The Balaban J connectivity index is 2.10. The lowest BCUT2D eigenvalue weighted by Crippen LogP contribution is -2.25. The molecule has 2 aromatic rings. The summed E-state index contributed by atoms with van der Waals surface area (Å²) in [6.07, 6.45) is 0. The van der Waals surface area contributed by atoms with Gasteiger partial charge in [-0.05, 0) is 44.5 Å². The van der Waals surface area contributed by atoms with Crippen molar-refractivity contribution in [2.45, 2.75) is 26.8 Å². The molecule has 0 saturated heterocycles. The molecule has 1 atom stereocenters. The second-order valence-corrected chi connectivity index (χ2v) is 5.78. The number of rotatable bonds is 3. The van der Waals surface area contributed by atoms with E-state index in [1.807, 2.05) is 39.0 Å².